The Kier molecular flexibility index (Phi) is 6.53. The number of rotatable bonds is 5. The van der Waals surface area contributed by atoms with Crippen LogP contribution < -0.4 is 20.2 Å². The molecule has 2 amide bonds. The highest BCUT2D eigenvalue weighted by Crippen LogP contribution is 2.28. The summed E-state index contributed by atoms with van der Waals surface area (Å²) in [6, 6.07) is 12.2. The molecule has 7 nitrogen and oxygen atoms in total. The van der Waals surface area contributed by atoms with Gasteiger partial charge >= 0.3 is 11.8 Å². The molecule has 0 aliphatic rings. The van der Waals surface area contributed by atoms with Gasteiger partial charge in [0.15, 0.2) is 0 Å². The molecule has 0 atom stereocenters. The number of benzene rings is 2. The van der Waals surface area contributed by atoms with Crippen molar-refractivity contribution in [2.45, 2.75) is 0 Å². The Balaban J connectivity index is 2.00. The number of nitrogens with one attached hydrogen (secondary N) is 2. The summed E-state index contributed by atoms with van der Waals surface area (Å²) in [7, 11) is 2.95. The molecule has 2 aromatic carbocycles. The number of anilines is 1. The largest absolute Gasteiger partial charge is 0.497 e. The maximum absolute atomic E-state index is 12.0. The molecule has 0 saturated carbocycles. The Labute approximate surface area is 153 Å². The lowest BCUT2D eigenvalue weighted by molar-refractivity contribution is -0.136. The van der Waals surface area contributed by atoms with Crippen molar-refractivity contribution >= 4 is 39.6 Å². The molecule has 0 aliphatic heterocycles. The quantitative estimate of drug-likeness (QED) is 0.454. The number of ether oxygens (including phenoxy) is 2. The van der Waals surface area contributed by atoms with Crippen molar-refractivity contribution in [1.82, 2.24) is 5.43 Å². The van der Waals surface area contributed by atoms with E-state index < -0.39 is 11.8 Å². The molecule has 0 bridgehead atoms. The third-order valence-electron chi connectivity index (χ3n) is 3.09. The zero-order valence-electron chi connectivity index (χ0n) is 13.6. The maximum atomic E-state index is 12.0. The second-order valence-electron chi connectivity index (χ2n) is 4.77. The predicted molar refractivity (Wildman–Crippen MR) is 98.1 cm³/mol. The number of carbonyl (C=O) groups is 2. The van der Waals surface area contributed by atoms with Gasteiger partial charge in [0, 0.05) is 10.5 Å². The topological polar surface area (TPSA) is 89.0 Å². The Bertz CT molecular complexity index is 808. The molecule has 130 valence electrons. The van der Waals surface area contributed by atoms with Crippen LogP contribution in [0.2, 0.25) is 0 Å². The van der Waals surface area contributed by atoms with Gasteiger partial charge in [0.25, 0.3) is 0 Å². The SMILES string of the molecule is COc1ccc(OC)c(NC(=O)C(=O)N/N=C\c2cccc(Br)c2)c1. The second-order valence-corrected chi connectivity index (χ2v) is 5.69. The van der Waals surface area contributed by atoms with Crippen molar-refractivity contribution in [1.29, 1.82) is 0 Å². The molecule has 8 heteroatoms. The van der Waals surface area contributed by atoms with Gasteiger partial charge < -0.3 is 14.8 Å². The molecule has 25 heavy (non-hydrogen) atoms. The number of amides is 2. The van der Waals surface area contributed by atoms with Crippen molar-refractivity contribution in [2.24, 2.45) is 5.10 Å². The molecule has 0 fully saturated rings. The van der Waals surface area contributed by atoms with Gasteiger partial charge in [0.2, 0.25) is 0 Å². The van der Waals surface area contributed by atoms with Gasteiger partial charge in [-0.3, -0.25) is 9.59 Å². The number of nitrogens with zero attached hydrogens (tertiary/aromatic N) is 1. The number of hydrogen-bond acceptors (Lipinski definition) is 5. The first-order chi connectivity index (χ1) is 12.0. The van der Waals surface area contributed by atoms with Crippen molar-refractivity contribution < 1.29 is 19.1 Å². The van der Waals surface area contributed by atoms with E-state index in [0.717, 1.165) is 10.0 Å². The first-order valence-corrected chi connectivity index (χ1v) is 7.94. The van der Waals surface area contributed by atoms with E-state index in [-0.39, 0.29) is 0 Å². The molecular weight excluding hydrogens is 390 g/mol. The van der Waals surface area contributed by atoms with E-state index in [0.29, 0.717) is 17.2 Å². The monoisotopic (exact) mass is 405 g/mol. The standard InChI is InChI=1S/C17H16BrN3O4/c1-24-13-6-7-15(25-2)14(9-13)20-16(22)17(23)21-19-10-11-4-3-5-12(18)8-11/h3-10H,1-2H3,(H,20,22)(H,21,23)/b19-10-. The Morgan fingerprint density at radius 1 is 1.08 bits per heavy atom. The van der Waals surface area contributed by atoms with Crippen LogP contribution in [0, 0.1) is 0 Å². The minimum Gasteiger partial charge on any atom is -0.497 e. The number of halogens is 1. The van der Waals surface area contributed by atoms with Crippen LogP contribution in [0.4, 0.5) is 5.69 Å². The van der Waals surface area contributed by atoms with Crippen LogP contribution in [0.5, 0.6) is 11.5 Å². The van der Waals surface area contributed by atoms with Gasteiger partial charge in [-0.2, -0.15) is 5.10 Å². The number of carbonyl (C=O) groups excluding carboxylic acids is 2. The highest BCUT2D eigenvalue weighted by atomic mass is 79.9. The van der Waals surface area contributed by atoms with Crippen molar-refractivity contribution in [3.63, 3.8) is 0 Å². The number of hydrazone groups is 1. The van der Waals surface area contributed by atoms with Gasteiger partial charge in [0.1, 0.15) is 11.5 Å². The summed E-state index contributed by atoms with van der Waals surface area (Å²) in [4.78, 5) is 23.8. The molecule has 0 unspecified atom stereocenters. The molecule has 0 aliphatic carbocycles. The lowest BCUT2D eigenvalue weighted by atomic mass is 10.2. The first-order valence-electron chi connectivity index (χ1n) is 7.15. The summed E-state index contributed by atoms with van der Waals surface area (Å²) < 4.78 is 11.1. The van der Waals surface area contributed by atoms with Crippen molar-refractivity contribution in [2.75, 3.05) is 19.5 Å². The first kappa shape index (κ1) is 18.5. The van der Waals surface area contributed by atoms with Gasteiger partial charge in [-0.05, 0) is 29.8 Å². The van der Waals surface area contributed by atoms with Crippen LogP contribution in [0.25, 0.3) is 0 Å². The summed E-state index contributed by atoms with van der Waals surface area (Å²) in [6.45, 7) is 0. The van der Waals surface area contributed by atoms with E-state index in [9.17, 15) is 9.59 Å². The van der Waals surface area contributed by atoms with Crippen molar-refractivity contribution in [3.05, 3.63) is 52.5 Å². The van der Waals surface area contributed by atoms with E-state index >= 15 is 0 Å². The summed E-state index contributed by atoms with van der Waals surface area (Å²) in [5, 5.41) is 6.22. The minimum atomic E-state index is -0.906. The average Bonchev–Trinajstić information content (AvgIpc) is 2.61. The van der Waals surface area contributed by atoms with Crippen LogP contribution in [-0.2, 0) is 9.59 Å². The van der Waals surface area contributed by atoms with E-state index in [4.69, 9.17) is 9.47 Å². The molecule has 0 radical (unpaired) electrons. The highest BCUT2D eigenvalue weighted by Gasteiger charge is 2.16. The molecule has 2 aromatic rings. The molecule has 0 saturated heterocycles. The summed E-state index contributed by atoms with van der Waals surface area (Å²) in [5.74, 6) is -0.863. The number of hydrogen-bond donors (Lipinski definition) is 2. The molecule has 0 spiro atoms. The van der Waals surface area contributed by atoms with Crippen molar-refractivity contribution in [3.8, 4) is 11.5 Å². The Hall–Kier alpha value is -2.87. The zero-order valence-corrected chi connectivity index (χ0v) is 15.2. The van der Waals surface area contributed by atoms with Gasteiger partial charge in [-0.1, -0.05) is 28.1 Å². The predicted octanol–water partition coefficient (Wildman–Crippen LogP) is 2.56. The molecular formula is C17H16BrN3O4. The second kappa shape index (κ2) is 8.84. The summed E-state index contributed by atoms with van der Waals surface area (Å²) >= 11 is 3.33. The number of methoxy groups -OCH3 is 2. The smallest absolute Gasteiger partial charge is 0.329 e. The summed E-state index contributed by atoms with van der Waals surface area (Å²) in [6.07, 6.45) is 1.43. The van der Waals surface area contributed by atoms with E-state index in [2.05, 4.69) is 31.8 Å². The summed E-state index contributed by atoms with van der Waals surface area (Å²) in [5.41, 5.74) is 3.25. The van der Waals surface area contributed by atoms with Gasteiger partial charge in [-0.15, -0.1) is 0 Å². The average molecular weight is 406 g/mol. The van der Waals surface area contributed by atoms with Crippen LogP contribution in [0.15, 0.2) is 52.0 Å². The Morgan fingerprint density at radius 3 is 2.56 bits per heavy atom. The zero-order chi connectivity index (χ0) is 18.2. The minimum absolute atomic E-state index is 0.318. The van der Waals surface area contributed by atoms with Crippen LogP contribution >= 0.6 is 15.9 Å². The Morgan fingerprint density at radius 2 is 1.88 bits per heavy atom. The van der Waals surface area contributed by atoms with E-state index in [1.165, 1.54) is 20.4 Å². The third kappa shape index (κ3) is 5.32. The fraction of sp³-hybridized carbons (Fsp3) is 0.118. The van der Waals surface area contributed by atoms with Gasteiger partial charge in [-0.25, -0.2) is 5.43 Å². The third-order valence-corrected chi connectivity index (χ3v) is 3.58. The van der Waals surface area contributed by atoms with Crippen LogP contribution in [0.3, 0.4) is 0 Å². The maximum Gasteiger partial charge on any atom is 0.329 e. The highest BCUT2D eigenvalue weighted by molar-refractivity contribution is 9.10. The fourth-order valence-electron chi connectivity index (χ4n) is 1.89. The molecule has 2 N–H and O–H groups in total. The van der Waals surface area contributed by atoms with Gasteiger partial charge in [0.05, 0.1) is 26.1 Å². The van der Waals surface area contributed by atoms with E-state index in [1.807, 2.05) is 24.3 Å². The molecule has 2 rings (SSSR count). The lowest BCUT2D eigenvalue weighted by Crippen LogP contribution is -2.32. The fourth-order valence-corrected chi connectivity index (χ4v) is 2.31. The molecule has 0 aromatic heterocycles. The van der Waals surface area contributed by atoms with Crippen LogP contribution in [-0.4, -0.2) is 32.2 Å². The molecule has 0 heterocycles. The normalized spacial score (nSPS) is 10.4. The van der Waals surface area contributed by atoms with E-state index in [1.54, 1.807) is 18.2 Å². The van der Waals surface area contributed by atoms with Crippen LogP contribution in [0.1, 0.15) is 5.56 Å². The lowest BCUT2D eigenvalue weighted by Gasteiger charge is -2.11.